The van der Waals surface area contributed by atoms with Crippen molar-refractivity contribution in [2.24, 2.45) is 67.5 Å². The Balaban J connectivity index is 0.000000347. The standard InChI is InChI=1S/C30H50.3C2H4O2/c1-19-10-12-21-16-28(19,24(21,3)4)27(9)15-14-23-18-30(27,26(23,7)8)29-17-22(25(29,5)6)13-11-20(29)2;3*1-2(3)4/h19-23H,10-18H2,1-9H3;3*1H3,(H,3,4). The van der Waals surface area contributed by atoms with Gasteiger partial charge in [-0.1, -0.05) is 62.3 Å². The van der Waals surface area contributed by atoms with E-state index in [0.717, 1.165) is 50.4 Å². The minimum atomic E-state index is -0.833. The summed E-state index contributed by atoms with van der Waals surface area (Å²) in [6.07, 6.45) is 13.7. The van der Waals surface area contributed by atoms with E-state index in [1.165, 1.54) is 38.5 Å². The zero-order valence-corrected chi connectivity index (χ0v) is 28.8. The van der Waals surface area contributed by atoms with E-state index in [-0.39, 0.29) is 0 Å². The third kappa shape index (κ3) is 4.18. The molecule has 0 spiro atoms. The molecule has 242 valence electrons. The van der Waals surface area contributed by atoms with Crippen LogP contribution < -0.4 is 0 Å². The minimum absolute atomic E-state index is 0.506. The maximum Gasteiger partial charge on any atom is 0.300 e. The van der Waals surface area contributed by atoms with Gasteiger partial charge in [0.15, 0.2) is 0 Å². The highest BCUT2D eigenvalue weighted by atomic mass is 16.4. The molecule has 9 fully saturated rings. The first-order valence-corrected chi connectivity index (χ1v) is 16.6. The molecule has 6 nitrogen and oxygen atoms in total. The summed E-state index contributed by atoms with van der Waals surface area (Å²) in [7, 11) is 0. The fraction of sp³-hybridized carbons (Fsp3) is 0.917. The normalized spacial score (nSPS) is 45.6. The zero-order valence-electron chi connectivity index (χ0n) is 28.8. The molecule has 0 heterocycles. The Labute approximate surface area is 255 Å². The molecule has 0 aliphatic heterocycles. The molecule has 9 aliphatic rings. The van der Waals surface area contributed by atoms with Crippen molar-refractivity contribution in [3.8, 4) is 0 Å². The number of hydrogen-bond acceptors (Lipinski definition) is 3. The number of rotatable bonds is 2. The maximum atomic E-state index is 9.00. The summed E-state index contributed by atoms with van der Waals surface area (Å²) in [5.41, 5.74) is 3.78. The molecule has 6 bridgehead atoms. The van der Waals surface area contributed by atoms with Crippen LogP contribution in [0.4, 0.5) is 0 Å². The molecular formula is C36H62O6. The fourth-order valence-corrected chi connectivity index (χ4v) is 13.9. The molecule has 9 rings (SSSR count). The van der Waals surface area contributed by atoms with Gasteiger partial charge >= 0.3 is 0 Å². The molecule has 42 heavy (non-hydrogen) atoms. The van der Waals surface area contributed by atoms with Crippen LogP contribution in [0.25, 0.3) is 0 Å². The summed E-state index contributed by atoms with van der Waals surface area (Å²) < 4.78 is 0. The number of aliphatic carboxylic acids is 3. The number of carboxylic acids is 3. The Morgan fingerprint density at radius 2 is 0.857 bits per heavy atom. The van der Waals surface area contributed by atoms with Crippen LogP contribution in [0.15, 0.2) is 0 Å². The van der Waals surface area contributed by atoms with Crippen LogP contribution in [0.2, 0.25) is 0 Å². The average molecular weight is 591 g/mol. The van der Waals surface area contributed by atoms with Gasteiger partial charge in [0.25, 0.3) is 17.9 Å². The monoisotopic (exact) mass is 590 g/mol. The van der Waals surface area contributed by atoms with Gasteiger partial charge in [-0.2, -0.15) is 0 Å². The molecular weight excluding hydrogens is 528 g/mol. The molecule has 0 aromatic rings. The van der Waals surface area contributed by atoms with Crippen molar-refractivity contribution >= 4 is 17.9 Å². The smallest absolute Gasteiger partial charge is 0.300 e. The van der Waals surface area contributed by atoms with Gasteiger partial charge in [0.1, 0.15) is 0 Å². The van der Waals surface area contributed by atoms with Crippen LogP contribution in [0.5, 0.6) is 0 Å². The van der Waals surface area contributed by atoms with Gasteiger partial charge in [0, 0.05) is 20.8 Å². The first-order chi connectivity index (χ1) is 19.0. The molecule has 0 saturated heterocycles. The van der Waals surface area contributed by atoms with Crippen molar-refractivity contribution in [1.82, 2.24) is 0 Å². The molecule has 9 aliphatic carbocycles. The average Bonchev–Trinajstić information content (AvgIpc) is 2.82. The first kappa shape index (κ1) is 34.9. The highest BCUT2D eigenvalue weighted by Crippen LogP contribution is 2.94. The second kappa shape index (κ2) is 10.8. The molecule has 3 N–H and O–H groups in total. The van der Waals surface area contributed by atoms with Crippen molar-refractivity contribution in [2.45, 2.75) is 141 Å². The molecule has 0 aromatic heterocycles. The molecule has 0 amide bonds. The van der Waals surface area contributed by atoms with Crippen LogP contribution in [-0.4, -0.2) is 33.2 Å². The molecule has 0 aromatic carbocycles. The summed E-state index contributed by atoms with van der Waals surface area (Å²) in [5.74, 6) is 2.28. The van der Waals surface area contributed by atoms with Crippen LogP contribution in [0.3, 0.4) is 0 Å². The topological polar surface area (TPSA) is 112 Å². The largest absolute Gasteiger partial charge is 0.481 e. The van der Waals surface area contributed by atoms with Crippen molar-refractivity contribution in [2.75, 3.05) is 0 Å². The second-order valence-electron chi connectivity index (χ2n) is 17.1. The fourth-order valence-electron chi connectivity index (χ4n) is 13.9. The summed E-state index contributed by atoms with van der Waals surface area (Å²) in [6.45, 7) is 27.9. The van der Waals surface area contributed by atoms with E-state index >= 15 is 0 Å². The van der Waals surface area contributed by atoms with Gasteiger partial charge in [-0.05, 0) is 125 Å². The third-order valence-electron chi connectivity index (χ3n) is 15.4. The lowest BCUT2D eigenvalue weighted by molar-refractivity contribution is -0.441. The van der Waals surface area contributed by atoms with Crippen LogP contribution in [-0.2, 0) is 14.4 Å². The van der Waals surface area contributed by atoms with E-state index in [0.29, 0.717) is 37.9 Å². The molecule has 0 radical (unpaired) electrons. The van der Waals surface area contributed by atoms with Crippen molar-refractivity contribution < 1.29 is 29.7 Å². The molecule has 9 saturated carbocycles. The lowest BCUT2D eigenvalue weighted by Gasteiger charge is -2.92. The van der Waals surface area contributed by atoms with Crippen LogP contribution in [0.1, 0.15) is 141 Å². The van der Waals surface area contributed by atoms with Gasteiger partial charge in [-0.25, -0.2) is 0 Å². The van der Waals surface area contributed by atoms with Gasteiger partial charge < -0.3 is 15.3 Å². The summed E-state index contributed by atoms with van der Waals surface area (Å²) >= 11 is 0. The lowest BCUT2D eigenvalue weighted by atomic mass is 9.12. The lowest BCUT2D eigenvalue weighted by Crippen LogP contribution is -2.86. The van der Waals surface area contributed by atoms with E-state index < -0.39 is 17.9 Å². The van der Waals surface area contributed by atoms with Gasteiger partial charge in [0.05, 0.1) is 0 Å². The molecule has 6 heteroatoms. The number of carboxylic acid groups (broad SMARTS) is 3. The minimum Gasteiger partial charge on any atom is -0.481 e. The Bertz CT molecular complexity index is 1030. The van der Waals surface area contributed by atoms with E-state index in [1.54, 1.807) is 19.3 Å². The molecule has 9 unspecified atom stereocenters. The van der Waals surface area contributed by atoms with Crippen molar-refractivity contribution in [3.05, 3.63) is 0 Å². The number of hydrogen-bond donors (Lipinski definition) is 3. The summed E-state index contributed by atoms with van der Waals surface area (Å²) in [5, 5.41) is 22.2. The van der Waals surface area contributed by atoms with Gasteiger partial charge in [-0.3, -0.25) is 14.4 Å². The van der Waals surface area contributed by atoms with Crippen molar-refractivity contribution in [3.63, 3.8) is 0 Å². The van der Waals surface area contributed by atoms with E-state index in [1.807, 2.05) is 0 Å². The molecule has 9 atom stereocenters. The SMILES string of the molecule is CC(=O)O.CC(=O)O.CC(=O)O.CC1CCC2CC1(C1(C)CCC3CC1(C14CC(CCC1C)C4(C)C)C3(C)C)C2(C)C. The predicted octanol–water partition coefficient (Wildman–Crippen LogP) is 9.02. The zero-order chi connectivity index (χ0) is 32.5. The van der Waals surface area contributed by atoms with Crippen LogP contribution in [0, 0.1) is 67.5 Å². The Morgan fingerprint density at radius 1 is 0.524 bits per heavy atom. The van der Waals surface area contributed by atoms with E-state index in [2.05, 4.69) is 62.3 Å². The van der Waals surface area contributed by atoms with E-state index in [4.69, 9.17) is 29.7 Å². The van der Waals surface area contributed by atoms with Crippen LogP contribution >= 0.6 is 0 Å². The number of carbonyl (C=O) groups is 3. The van der Waals surface area contributed by atoms with Gasteiger partial charge in [-0.15, -0.1) is 0 Å². The Morgan fingerprint density at radius 3 is 1.17 bits per heavy atom. The third-order valence-corrected chi connectivity index (χ3v) is 15.4. The van der Waals surface area contributed by atoms with Gasteiger partial charge in [0.2, 0.25) is 0 Å². The highest BCUT2D eigenvalue weighted by molar-refractivity contribution is 5.63. The Hall–Kier alpha value is -1.59. The van der Waals surface area contributed by atoms with E-state index in [9.17, 15) is 0 Å². The second-order valence-corrected chi connectivity index (χ2v) is 17.1. The number of fused-ring (bicyclic) bond motifs is 6. The van der Waals surface area contributed by atoms with Crippen molar-refractivity contribution in [1.29, 1.82) is 0 Å². The summed E-state index contributed by atoms with van der Waals surface area (Å²) in [4.78, 5) is 27.0. The predicted molar refractivity (Wildman–Crippen MR) is 167 cm³/mol. The maximum absolute atomic E-state index is 9.00. The first-order valence-electron chi connectivity index (χ1n) is 16.6. The quantitative estimate of drug-likeness (QED) is 0.296. The summed E-state index contributed by atoms with van der Waals surface area (Å²) in [6, 6.07) is 0. The Kier molecular flexibility index (Phi) is 8.96. The highest BCUT2D eigenvalue weighted by Gasteiger charge is 2.88.